The normalized spacial score (nSPS) is 20.4. The summed E-state index contributed by atoms with van der Waals surface area (Å²) >= 11 is 5.90. The van der Waals surface area contributed by atoms with Gasteiger partial charge in [-0.3, -0.25) is 0 Å². The topological polar surface area (TPSA) is 35.2 Å². The Balaban J connectivity index is 2.21. The van der Waals surface area contributed by atoms with Gasteiger partial charge in [-0.15, -0.1) is 0 Å². The summed E-state index contributed by atoms with van der Waals surface area (Å²) < 4.78 is 5.98. The van der Waals surface area contributed by atoms with E-state index in [-0.39, 0.29) is 11.6 Å². The van der Waals surface area contributed by atoms with E-state index in [1.807, 2.05) is 31.2 Å². The number of hydrogen-bond donors (Lipinski definition) is 1. The summed E-state index contributed by atoms with van der Waals surface area (Å²) in [6.45, 7) is 2.76. The molecule has 0 aliphatic heterocycles. The van der Waals surface area contributed by atoms with Crippen LogP contribution in [0.25, 0.3) is 0 Å². The third kappa shape index (κ3) is 2.65. The fraction of sp³-hybridized carbons (Fsp3) is 0.571. The van der Waals surface area contributed by atoms with Crippen LogP contribution in [0.15, 0.2) is 24.3 Å². The van der Waals surface area contributed by atoms with Gasteiger partial charge in [0.1, 0.15) is 0 Å². The first-order chi connectivity index (χ1) is 8.18. The molecule has 1 aliphatic rings. The molecule has 1 aromatic rings. The molecule has 0 radical (unpaired) electrons. The molecular weight excluding hydrogens is 234 g/mol. The highest BCUT2D eigenvalue weighted by Gasteiger charge is 2.40. The van der Waals surface area contributed by atoms with E-state index in [1.165, 1.54) is 12.8 Å². The smallest absolute Gasteiger partial charge is 0.0874 e. The third-order valence-electron chi connectivity index (χ3n) is 3.68. The Labute approximate surface area is 108 Å². The summed E-state index contributed by atoms with van der Waals surface area (Å²) in [6.07, 6.45) is 4.54. The van der Waals surface area contributed by atoms with Gasteiger partial charge in [0.2, 0.25) is 0 Å². The standard InChI is InChI=1S/C14H20ClNO/c1-2-17-14(9-3-4-10-14)13(16)11-5-7-12(15)8-6-11/h5-8,13H,2-4,9-10,16H2,1H3. The molecule has 1 aliphatic carbocycles. The van der Waals surface area contributed by atoms with Gasteiger partial charge >= 0.3 is 0 Å². The lowest BCUT2D eigenvalue weighted by atomic mass is 9.87. The van der Waals surface area contributed by atoms with Gasteiger partial charge in [0.15, 0.2) is 0 Å². The van der Waals surface area contributed by atoms with Crippen molar-refractivity contribution in [3.8, 4) is 0 Å². The number of benzene rings is 1. The van der Waals surface area contributed by atoms with E-state index < -0.39 is 0 Å². The van der Waals surface area contributed by atoms with Crippen molar-refractivity contribution in [1.82, 2.24) is 0 Å². The van der Waals surface area contributed by atoms with Gasteiger partial charge in [-0.25, -0.2) is 0 Å². The molecule has 1 saturated carbocycles. The summed E-state index contributed by atoms with van der Waals surface area (Å²) in [5.74, 6) is 0. The van der Waals surface area contributed by atoms with E-state index in [4.69, 9.17) is 22.1 Å². The van der Waals surface area contributed by atoms with E-state index in [2.05, 4.69) is 0 Å². The zero-order valence-corrected chi connectivity index (χ0v) is 11.0. The average Bonchev–Trinajstić information content (AvgIpc) is 2.79. The van der Waals surface area contributed by atoms with Crippen molar-refractivity contribution >= 4 is 11.6 Å². The first-order valence-corrected chi connectivity index (χ1v) is 6.71. The maximum Gasteiger partial charge on any atom is 0.0874 e. The Hall–Kier alpha value is -0.570. The molecule has 0 amide bonds. The van der Waals surface area contributed by atoms with Crippen LogP contribution in [0.3, 0.4) is 0 Å². The molecule has 0 heterocycles. The summed E-state index contributed by atoms with van der Waals surface area (Å²) in [7, 11) is 0. The maximum absolute atomic E-state index is 6.40. The minimum Gasteiger partial charge on any atom is -0.373 e. The monoisotopic (exact) mass is 253 g/mol. The zero-order chi connectivity index (χ0) is 12.3. The second-order valence-corrected chi connectivity index (χ2v) is 5.17. The molecule has 3 heteroatoms. The van der Waals surface area contributed by atoms with Crippen molar-refractivity contribution in [2.45, 2.75) is 44.2 Å². The van der Waals surface area contributed by atoms with Gasteiger partial charge in [-0.1, -0.05) is 36.6 Å². The van der Waals surface area contributed by atoms with E-state index in [0.29, 0.717) is 0 Å². The van der Waals surface area contributed by atoms with E-state index in [9.17, 15) is 0 Å². The first-order valence-electron chi connectivity index (χ1n) is 6.33. The zero-order valence-electron chi connectivity index (χ0n) is 10.3. The Morgan fingerprint density at radius 2 is 1.88 bits per heavy atom. The van der Waals surface area contributed by atoms with Crippen molar-refractivity contribution in [3.63, 3.8) is 0 Å². The fourth-order valence-corrected chi connectivity index (χ4v) is 2.91. The second-order valence-electron chi connectivity index (χ2n) is 4.73. The lowest BCUT2D eigenvalue weighted by Gasteiger charge is -2.35. The van der Waals surface area contributed by atoms with Crippen LogP contribution in [0.1, 0.15) is 44.2 Å². The molecule has 0 saturated heterocycles. The minimum absolute atomic E-state index is 0.0535. The molecule has 17 heavy (non-hydrogen) atoms. The van der Waals surface area contributed by atoms with Crippen molar-refractivity contribution in [2.24, 2.45) is 5.73 Å². The maximum atomic E-state index is 6.40. The van der Waals surface area contributed by atoms with Crippen molar-refractivity contribution in [3.05, 3.63) is 34.9 Å². The van der Waals surface area contributed by atoms with E-state index in [0.717, 1.165) is 30.0 Å². The number of rotatable bonds is 4. The highest BCUT2D eigenvalue weighted by molar-refractivity contribution is 6.30. The molecule has 1 atom stereocenters. The van der Waals surface area contributed by atoms with Gasteiger partial charge in [-0.05, 0) is 37.5 Å². The van der Waals surface area contributed by atoms with Gasteiger partial charge in [-0.2, -0.15) is 0 Å². The van der Waals surface area contributed by atoms with Gasteiger partial charge in [0.05, 0.1) is 11.6 Å². The lowest BCUT2D eigenvalue weighted by Crippen LogP contribution is -2.41. The van der Waals surface area contributed by atoms with Crippen LogP contribution >= 0.6 is 11.6 Å². The predicted octanol–water partition coefficient (Wildman–Crippen LogP) is 3.69. The summed E-state index contributed by atoms with van der Waals surface area (Å²) in [6, 6.07) is 7.75. The second kappa shape index (κ2) is 5.38. The van der Waals surface area contributed by atoms with Crippen LogP contribution in [0.4, 0.5) is 0 Å². The summed E-state index contributed by atoms with van der Waals surface area (Å²) in [5.41, 5.74) is 7.35. The van der Waals surface area contributed by atoms with Gasteiger partial charge in [0, 0.05) is 11.6 Å². The van der Waals surface area contributed by atoms with Crippen LogP contribution in [-0.2, 0) is 4.74 Å². The number of ether oxygens (including phenoxy) is 1. The van der Waals surface area contributed by atoms with Gasteiger partial charge < -0.3 is 10.5 Å². The van der Waals surface area contributed by atoms with E-state index in [1.54, 1.807) is 0 Å². The molecule has 1 fully saturated rings. The molecule has 0 bridgehead atoms. The highest BCUT2D eigenvalue weighted by atomic mass is 35.5. The largest absolute Gasteiger partial charge is 0.373 e. The van der Waals surface area contributed by atoms with Gasteiger partial charge in [0.25, 0.3) is 0 Å². The van der Waals surface area contributed by atoms with Crippen LogP contribution in [0.2, 0.25) is 5.02 Å². The molecule has 1 unspecified atom stereocenters. The molecule has 2 N–H and O–H groups in total. The van der Waals surface area contributed by atoms with Crippen LogP contribution in [0.5, 0.6) is 0 Å². The molecular formula is C14H20ClNO. The molecule has 1 aromatic carbocycles. The quantitative estimate of drug-likeness (QED) is 0.888. The lowest BCUT2D eigenvalue weighted by molar-refractivity contribution is -0.0536. The summed E-state index contributed by atoms with van der Waals surface area (Å²) in [5, 5.41) is 0.748. The Bertz CT molecular complexity index is 357. The van der Waals surface area contributed by atoms with Crippen molar-refractivity contribution < 1.29 is 4.74 Å². The van der Waals surface area contributed by atoms with Crippen LogP contribution in [-0.4, -0.2) is 12.2 Å². The van der Waals surface area contributed by atoms with Crippen molar-refractivity contribution in [2.75, 3.05) is 6.61 Å². The SMILES string of the molecule is CCOC1(C(N)c2ccc(Cl)cc2)CCCC1. The average molecular weight is 254 g/mol. The predicted molar refractivity (Wildman–Crippen MR) is 71.2 cm³/mol. The molecule has 0 spiro atoms. The highest BCUT2D eigenvalue weighted by Crippen LogP contribution is 2.41. The van der Waals surface area contributed by atoms with Crippen LogP contribution in [0, 0.1) is 0 Å². The number of halogens is 1. The van der Waals surface area contributed by atoms with Crippen LogP contribution < -0.4 is 5.73 Å². The Kier molecular flexibility index (Phi) is 4.08. The summed E-state index contributed by atoms with van der Waals surface area (Å²) in [4.78, 5) is 0. The molecule has 2 rings (SSSR count). The van der Waals surface area contributed by atoms with E-state index >= 15 is 0 Å². The number of nitrogens with two attached hydrogens (primary N) is 1. The Morgan fingerprint density at radius 3 is 2.41 bits per heavy atom. The molecule has 94 valence electrons. The fourth-order valence-electron chi connectivity index (χ4n) is 2.78. The molecule has 0 aromatic heterocycles. The Morgan fingerprint density at radius 1 is 1.29 bits per heavy atom. The number of hydrogen-bond acceptors (Lipinski definition) is 2. The first kappa shape index (κ1) is 12.9. The van der Waals surface area contributed by atoms with Crippen molar-refractivity contribution in [1.29, 1.82) is 0 Å². The molecule has 2 nitrogen and oxygen atoms in total. The minimum atomic E-state index is -0.164. The third-order valence-corrected chi connectivity index (χ3v) is 3.93.